The normalized spacial score (nSPS) is 10.9. The number of nitro groups is 1. The third-order valence-corrected chi connectivity index (χ3v) is 2.53. The number of amides is 2. The van der Waals surface area contributed by atoms with Crippen LogP contribution in [-0.2, 0) is 0 Å². The lowest BCUT2D eigenvalue weighted by Crippen LogP contribution is -2.48. The van der Waals surface area contributed by atoms with E-state index in [9.17, 15) is 14.9 Å². The molecule has 0 atom stereocenters. The van der Waals surface area contributed by atoms with Gasteiger partial charge in [-0.15, -0.1) is 0 Å². The highest BCUT2D eigenvalue weighted by Gasteiger charge is 2.19. The number of aliphatic hydroxyl groups is 1. The van der Waals surface area contributed by atoms with Gasteiger partial charge in [0, 0.05) is 12.1 Å². The zero-order chi connectivity index (χ0) is 14.6. The summed E-state index contributed by atoms with van der Waals surface area (Å²) in [7, 11) is 0. The van der Waals surface area contributed by atoms with E-state index in [2.05, 4.69) is 10.6 Å². The zero-order valence-electron chi connectivity index (χ0n) is 11.1. The number of nitro benzene ring substituents is 1. The lowest BCUT2D eigenvalue weighted by molar-refractivity contribution is -0.384. The molecule has 0 spiro atoms. The first-order valence-corrected chi connectivity index (χ1v) is 5.70. The van der Waals surface area contributed by atoms with Crippen molar-refractivity contribution in [2.45, 2.75) is 26.3 Å². The molecule has 0 saturated heterocycles. The topological polar surface area (TPSA) is 105 Å². The monoisotopic (exact) mass is 267 g/mol. The smallest absolute Gasteiger partial charge is 0.319 e. The highest BCUT2D eigenvalue weighted by atomic mass is 16.6. The van der Waals surface area contributed by atoms with Crippen LogP contribution in [0.3, 0.4) is 0 Å². The zero-order valence-corrected chi connectivity index (χ0v) is 11.1. The molecule has 0 heterocycles. The van der Waals surface area contributed by atoms with Crippen molar-refractivity contribution in [3.63, 3.8) is 0 Å². The van der Waals surface area contributed by atoms with Gasteiger partial charge in [-0.05, 0) is 26.3 Å². The Hall–Kier alpha value is -2.15. The SMILES string of the molecule is Cc1ccc([N+](=O)[O-])cc1NC(=O)NC(C)(C)CO. The molecule has 0 fully saturated rings. The number of benzene rings is 1. The number of nitrogens with one attached hydrogen (secondary N) is 2. The Labute approximate surface area is 110 Å². The van der Waals surface area contributed by atoms with Gasteiger partial charge in [0.05, 0.1) is 22.8 Å². The van der Waals surface area contributed by atoms with Gasteiger partial charge in [-0.1, -0.05) is 6.07 Å². The van der Waals surface area contributed by atoms with Crippen molar-refractivity contribution in [3.05, 3.63) is 33.9 Å². The number of non-ortho nitro benzene ring substituents is 1. The maximum absolute atomic E-state index is 11.7. The molecule has 1 aromatic rings. The van der Waals surface area contributed by atoms with Crippen LogP contribution in [0, 0.1) is 17.0 Å². The molecule has 2 amide bonds. The summed E-state index contributed by atoms with van der Waals surface area (Å²) in [5.74, 6) is 0. The maximum atomic E-state index is 11.7. The van der Waals surface area contributed by atoms with Crippen LogP contribution < -0.4 is 10.6 Å². The lowest BCUT2D eigenvalue weighted by atomic mass is 10.1. The molecular weight excluding hydrogens is 250 g/mol. The van der Waals surface area contributed by atoms with Crippen molar-refractivity contribution >= 4 is 17.4 Å². The fourth-order valence-corrected chi connectivity index (χ4v) is 1.36. The average Bonchev–Trinajstić information content (AvgIpc) is 2.31. The summed E-state index contributed by atoms with van der Waals surface area (Å²) < 4.78 is 0. The van der Waals surface area contributed by atoms with Crippen LogP contribution in [0.5, 0.6) is 0 Å². The summed E-state index contributed by atoms with van der Waals surface area (Å²) in [6.07, 6.45) is 0. The summed E-state index contributed by atoms with van der Waals surface area (Å²) in [4.78, 5) is 21.9. The van der Waals surface area contributed by atoms with Crippen molar-refractivity contribution in [2.75, 3.05) is 11.9 Å². The van der Waals surface area contributed by atoms with Crippen LogP contribution in [-0.4, -0.2) is 28.2 Å². The molecule has 0 aliphatic rings. The maximum Gasteiger partial charge on any atom is 0.319 e. The quantitative estimate of drug-likeness (QED) is 0.571. The number of hydrogen-bond acceptors (Lipinski definition) is 4. The summed E-state index contributed by atoms with van der Waals surface area (Å²) in [6, 6.07) is 3.70. The predicted octanol–water partition coefficient (Wildman–Crippen LogP) is 1.80. The van der Waals surface area contributed by atoms with Crippen molar-refractivity contribution in [3.8, 4) is 0 Å². The van der Waals surface area contributed by atoms with Crippen molar-refractivity contribution < 1.29 is 14.8 Å². The molecule has 104 valence electrons. The predicted molar refractivity (Wildman–Crippen MR) is 71.2 cm³/mol. The lowest BCUT2D eigenvalue weighted by Gasteiger charge is -2.23. The van der Waals surface area contributed by atoms with Crippen LogP contribution in [0.15, 0.2) is 18.2 Å². The highest BCUT2D eigenvalue weighted by molar-refractivity contribution is 5.91. The Balaban J connectivity index is 2.84. The number of anilines is 1. The molecule has 0 bridgehead atoms. The summed E-state index contributed by atoms with van der Waals surface area (Å²) in [5, 5.41) is 24.8. The summed E-state index contributed by atoms with van der Waals surface area (Å²) in [5.41, 5.74) is 0.212. The minimum absolute atomic E-state index is 0.0951. The van der Waals surface area contributed by atoms with Gasteiger partial charge in [-0.25, -0.2) is 4.79 Å². The van der Waals surface area contributed by atoms with Crippen LogP contribution in [0.4, 0.5) is 16.2 Å². The Kier molecular flexibility index (Phi) is 4.44. The van der Waals surface area contributed by atoms with Crippen LogP contribution in [0.25, 0.3) is 0 Å². The second-order valence-electron chi connectivity index (χ2n) is 4.88. The van der Waals surface area contributed by atoms with Crippen molar-refractivity contribution in [2.24, 2.45) is 0 Å². The fourth-order valence-electron chi connectivity index (χ4n) is 1.36. The molecule has 0 saturated carbocycles. The Morgan fingerprint density at radius 3 is 2.63 bits per heavy atom. The first-order chi connectivity index (χ1) is 8.75. The van der Waals surface area contributed by atoms with E-state index in [4.69, 9.17) is 5.11 Å². The summed E-state index contributed by atoms with van der Waals surface area (Å²) in [6.45, 7) is 4.84. The third-order valence-electron chi connectivity index (χ3n) is 2.53. The number of rotatable bonds is 4. The van der Waals surface area contributed by atoms with Crippen molar-refractivity contribution in [1.82, 2.24) is 5.32 Å². The fraction of sp³-hybridized carbons (Fsp3) is 0.417. The number of aryl methyl sites for hydroxylation is 1. The largest absolute Gasteiger partial charge is 0.394 e. The second-order valence-corrected chi connectivity index (χ2v) is 4.88. The van der Waals surface area contributed by atoms with E-state index >= 15 is 0 Å². The molecule has 0 aliphatic carbocycles. The third kappa shape index (κ3) is 4.22. The van der Waals surface area contributed by atoms with Crippen LogP contribution >= 0.6 is 0 Å². The molecule has 7 nitrogen and oxygen atoms in total. The number of nitrogens with zero attached hydrogens (tertiary/aromatic N) is 1. The molecule has 7 heteroatoms. The van der Waals surface area contributed by atoms with E-state index in [1.165, 1.54) is 12.1 Å². The Bertz CT molecular complexity index is 500. The molecule has 1 rings (SSSR count). The molecule has 3 N–H and O–H groups in total. The van der Waals surface area contributed by atoms with E-state index in [0.717, 1.165) is 0 Å². The van der Waals surface area contributed by atoms with Gasteiger partial charge in [0.1, 0.15) is 0 Å². The van der Waals surface area contributed by atoms with E-state index in [1.807, 2.05) is 0 Å². The molecule has 0 radical (unpaired) electrons. The van der Waals surface area contributed by atoms with E-state index in [0.29, 0.717) is 11.3 Å². The molecule has 19 heavy (non-hydrogen) atoms. The molecule has 0 aromatic heterocycles. The van der Waals surface area contributed by atoms with Crippen molar-refractivity contribution in [1.29, 1.82) is 0 Å². The first-order valence-electron chi connectivity index (χ1n) is 5.70. The Morgan fingerprint density at radius 2 is 2.11 bits per heavy atom. The first kappa shape index (κ1) is 14.9. The van der Waals surface area contributed by atoms with E-state index < -0.39 is 16.5 Å². The minimum Gasteiger partial charge on any atom is -0.394 e. The molecule has 0 unspecified atom stereocenters. The molecule has 0 aliphatic heterocycles. The molecular formula is C12H17N3O4. The van der Waals surface area contributed by atoms with Gasteiger partial charge in [-0.3, -0.25) is 10.1 Å². The second kappa shape index (κ2) is 5.66. The molecule has 1 aromatic carbocycles. The minimum atomic E-state index is -0.765. The van der Waals surface area contributed by atoms with E-state index in [-0.39, 0.29) is 12.3 Å². The number of hydrogen-bond donors (Lipinski definition) is 3. The van der Waals surface area contributed by atoms with Gasteiger partial charge in [-0.2, -0.15) is 0 Å². The van der Waals surface area contributed by atoms with Crippen LogP contribution in [0.2, 0.25) is 0 Å². The van der Waals surface area contributed by atoms with Gasteiger partial charge in [0.15, 0.2) is 0 Å². The van der Waals surface area contributed by atoms with E-state index in [1.54, 1.807) is 26.8 Å². The number of carbonyl (C=O) groups is 1. The Morgan fingerprint density at radius 1 is 1.47 bits per heavy atom. The number of carbonyl (C=O) groups excluding carboxylic acids is 1. The highest BCUT2D eigenvalue weighted by Crippen LogP contribution is 2.21. The van der Waals surface area contributed by atoms with Gasteiger partial charge in [0.25, 0.3) is 5.69 Å². The average molecular weight is 267 g/mol. The number of urea groups is 1. The number of aliphatic hydroxyl groups excluding tert-OH is 1. The van der Waals surface area contributed by atoms with Gasteiger partial charge in [0.2, 0.25) is 0 Å². The standard InChI is InChI=1S/C12H17N3O4/c1-8-4-5-9(15(18)19)6-10(8)13-11(17)14-12(2,3)7-16/h4-6,16H,7H2,1-3H3,(H2,13,14,17). The van der Waals surface area contributed by atoms with Gasteiger partial charge < -0.3 is 15.7 Å². The summed E-state index contributed by atoms with van der Waals surface area (Å²) >= 11 is 0. The van der Waals surface area contributed by atoms with Gasteiger partial charge >= 0.3 is 6.03 Å². The van der Waals surface area contributed by atoms with Crippen LogP contribution in [0.1, 0.15) is 19.4 Å².